The second-order valence-electron chi connectivity index (χ2n) is 4.77. The summed E-state index contributed by atoms with van der Waals surface area (Å²) in [6, 6.07) is -0.390. The van der Waals surface area contributed by atoms with E-state index in [1.165, 1.54) is 4.90 Å². The number of carbonyl (C=O) groups is 2. The molecule has 1 aromatic rings. The van der Waals surface area contributed by atoms with Crippen molar-refractivity contribution in [2.45, 2.75) is 26.4 Å². The molecule has 0 aromatic carbocycles. The van der Waals surface area contributed by atoms with Gasteiger partial charge >= 0.3 is 12.0 Å². The van der Waals surface area contributed by atoms with Gasteiger partial charge < -0.3 is 14.7 Å². The van der Waals surface area contributed by atoms with Gasteiger partial charge in [0, 0.05) is 13.1 Å². The molecule has 114 valence electrons. The van der Waals surface area contributed by atoms with Gasteiger partial charge in [0.25, 0.3) is 5.95 Å². The Kier molecular flexibility index (Phi) is 4.63. The first kappa shape index (κ1) is 15.1. The normalized spacial score (nSPS) is 18.4. The number of morpholine rings is 1. The first-order valence-corrected chi connectivity index (χ1v) is 6.53. The van der Waals surface area contributed by atoms with Crippen LogP contribution in [-0.4, -0.2) is 63.0 Å². The van der Waals surface area contributed by atoms with Gasteiger partial charge in [-0.2, -0.15) is 5.10 Å². The number of anilines is 1. The van der Waals surface area contributed by atoms with Crippen molar-refractivity contribution in [3.8, 4) is 0 Å². The number of amides is 2. The first-order chi connectivity index (χ1) is 9.95. The Bertz CT molecular complexity index is 550. The van der Waals surface area contributed by atoms with Crippen molar-refractivity contribution in [3.05, 3.63) is 11.4 Å². The molecule has 0 saturated carbocycles. The highest BCUT2D eigenvalue weighted by Gasteiger charge is 2.26. The fraction of sp³-hybridized carbons (Fsp3) is 0.583. The van der Waals surface area contributed by atoms with Crippen LogP contribution >= 0.6 is 0 Å². The van der Waals surface area contributed by atoms with Crippen LogP contribution in [0.25, 0.3) is 0 Å². The molecule has 1 saturated heterocycles. The van der Waals surface area contributed by atoms with E-state index in [0.717, 1.165) is 0 Å². The Balaban J connectivity index is 1.96. The van der Waals surface area contributed by atoms with Crippen LogP contribution in [0.4, 0.5) is 10.7 Å². The minimum atomic E-state index is -0.955. The topological polar surface area (TPSA) is 118 Å². The molecular weight excluding hydrogens is 278 g/mol. The zero-order valence-electron chi connectivity index (χ0n) is 11.9. The van der Waals surface area contributed by atoms with Crippen molar-refractivity contribution < 1.29 is 19.4 Å². The number of carboxylic acid groups (broad SMARTS) is 1. The van der Waals surface area contributed by atoms with Crippen LogP contribution in [0.1, 0.15) is 17.8 Å². The Morgan fingerprint density at radius 1 is 1.38 bits per heavy atom. The molecular formula is C12H17N5O4. The van der Waals surface area contributed by atoms with Gasteiger partial charge in [0.05, 0.1) is 30.5 Å². The number of hydrogen-bond donors (Lipinski definition) is 2. The second-order valence-corrected chi connectivity index (χ2v) is 4.77. The predicted octanol–water partition coefficient (Wildman–Crippen LogP) is 0.196. The summed E-state index contributed by atoms with van der Waals surface area (Å²) >= 11 is 0. The summed E-state index contributed by atoms with van der Waals surface area (Å²) < 4.78 is 5.31. The van der Waals surface area contributed by atoms with Crippen LogP contribution in [-0.2, 0) is 9.53 Å². The number of carboxylic acids is 1. The fourth-order valence-corrected chi connectivity index (χ4v) is 1.91. The van der Waals surface area contributed by atoms with E-state index < -0.39 is 18.1 Å². The van der Waals surface area contributed by atoms with Gasteiger partial charge in [-0.1, -0.05) is 0 Å². The molecule has 2 heterocycles. The molecule has 1 aliphatic heterocycles. The minimum Gasteiger partial charge on any atom is -0.481 e. The Morgan fingerprint density at radius 3 is 2.81 bits per heavy atom. The summed E-state index contributed by atoms with van der Waals surface area (Å²) in [5, 5.41) is 19.0. The lowest BCUT2D eigenvalue weighted by Crippen LogP contribution is -2.48. The van der Waals surface area contributed by atoms with Crippen LogP contribution in [0, 0.1) is 13.8 Å². The number of aromatic nitrogens is 3. The molecule has 2 amide bonds. The molecule has 0 bridgehead atoms. The SMILES string of the molecule is Cc1nnc(NC(=O)N2CCOC(CC(=O)O)C2)nc1C. The summed E-state index contributed by atoms with van der Waals surface area (Å²) in [6.45, 7) is 4.46. The molecule has 0 radical (unpaired) electrons. The van der Waals surface area contributed by atoms with Crippen molar-refractivity contribution in [2.24, 2.45) is 0 Å². The van der Waals surface area contributed by atoms with E-state index in [9.17, 15) is 9.59 Å². The van der Waals surface area contributed by atoms with Crippen LogP contribution < -0.4 is 5.32 Å². The number of nitrogens with one attached hydrogen (secondary N) is 1. The molecule has 9 heteroatoms. The lowest BCUT2D eigenvalue weighted by molar-refractivity contribution is -0.141. The highest BCUT2D eigenvalue weighted by molar-refractivity contribution is 5.87. The van der Waals surface area contributed by atoms with Gasteiger partial charge in [-0.3, -0.25) is 10.1 Å². The zero-order valence-corrected chi connectivity index (χ0v) is 11.9. The highest BCUT2D eigenvalue weighted by atomic mass is 16.5. The molecule has 1 atom stereocenters. The third kappa shape index (κ3) is 4.09. The number of aliphatic carboxylic acids is 1. The number of carbonyl (C=O) groups excluding carboxylic acids is 1. The average molecular weight is 295 g/mol. The van der Waals surface area contributed by atoms with E-state index >= 15 is 0 Å². The van der Waals surface area contributed by atoms with Crippen LogP contribution in [0.5, 0.6) is 0 Å². The van der Waals surface area contributed by atoms with Gasteiger partial charge in [-0.15, -0.1) is 5.10 Å². The van der Waals surface area contributed by atoms with E-state index in [4.69, 9.17) is 9.84 Å². The molecule has 1 unspecified atom stereocenters. The van der Waals surface area contributed by atoms with Gasteiger partial charge in [0.1, 0.15) is 0 Å². The van der Waals surface area contributed by atoms with Crippen LogP contribution in [0.15, 0.2) is 0 Å². The van der Waals surface area contributed by atoms with Crippen molar-refractivity contribution in [1.29, 1.82) is 0 Å². The molecule has 1 aliphatic rings. The molecule has 2 rings (SSSR count). The molecule has 21 heavy (non-hydrogen) atoms. The number of ether oxygens (including phenoxy) is 1. The van der Waals surface area contributed by atoms with E-state index in [-0.39, 0.29) is 18.9 Å². The van der Waals surface area contributed by atoms with E-state index in [2.05, 4.69) is 20.5 Å². The largest absolute Gasteiger partial charge is 0.481 e. The van der Waals surface area contributed by atoms with Crippen LogP contribution in [0.3, 0.4) is 0 Å². The van der Waals surface area contributed by atoms with Crippen molar-refractivity contribution in [2.75, 3.05) is 25.0 Å². The van der Waals surface area contributed by atoms with Gasteiger partial charge in [-0.25, -0.2) is 9.78 Å². The Morgan fingerprint density at radius 2 is 2.14 bits per heavy atom. The maximum atomic E-state index is 12.1. The summed E-state index contributed by atoms with van der Waals surface area (Å²) in [4.78, 5) is 28.4. The molecule has 0 aliphatic carbocycles. The standard InChI is InChI=1S/C12H17N5O4/c1-7-8(2)15-16-11(13-7)14-12(20)17-3-4-21-9(6-17)5-10(18)19/h9H,3-6H2,1-2H3,(H,18,19)(H,13,14,16,20). The fourth-order valence-electron chi connectivity index (χ4n) is 1.91. The number of rotatable bonds is 3. The van der Waals surface area contributed by atoms with Crippen molar-refractivity contribution in [3.63, 3.8) is 0 Å². The minimum absolute atomic E-state index is 0.129. The van der Waals surface area contributed by atoms with Gasteiger partial charge in [0.15, 0.2) is 0 Å². The first-order valence-electron chi connectivity index (χ1n) is 6.53. The predicted molar refractivity (Wildman–Crippen MR) is 71.9 cm³/mol. The quantitative estimate of drug-likeness (QED) is 0.817. The van der Waals surface area contributed by atoms with Crippen molar-refractivity contribution in [1.82, 2.24) is 20.1 Å². The molecule has 2 N–H and O–H groups in total. The smallest absolute Gasteiger partial charge is 0.324 e. The Hall–Kier alpha value is -2.29. The highest BCUT2D eigenvalue weighted by Crippen LogP contribution is 2.10. The van der Waals surface area contributed by atoms with E-state index in [0.29, 0.717) is 24.5 Å². The lowest BCUT2D eigenvalue weighted by Gasteiger charge is -2.32. The van der Waals surface area contributed by atoms with E-state index in [1.807, 2.05) is 0 Å². The zero-order chi connectivity index (χ0) is 15.4. The maximum absolute atomic E-state index is 12.1. The second kappa shape index (κ2) is 6.44. The Labute approximate surface area is 121 Å². The maximum Gasteiger partial charge on any atom is 0.324 e. The summed E-state index contributed by atoms with van der Waals surface area (Å²) in [5.41, 5.74) is 1.38. The number of urea groups is 1. The van der Waals surface area contributed by atoms with Crippen LogP contribution in [0.2, 0.25) is 0 Å². The number of aryl methyl sites for hydroxylation is 2. The molecule has 1 aromatic heterocycles. The molecule has 1 fully saturated rings. The van der Waals surface area contributed by atoms with E-state index in [1.54, 1.807) is 13.8 Å². The molecule has 9 nitrogen and oxygen atoms in total. The third-order valence-corrected chi connectivity index (χ3v) is 3.14. The molecule has 0 spiro atoms. The number of nitrogens with zero attached hydrogens (tertiary/aromatic N) is 4. The van der Waals surface area contributed by atoms with Crippen molar-refractivity contribution >= 4 is 17.9 Å². The lowest BCUT2D eigenvalue weighted by atomic mass is 10.2. The third-order valence-electron chi connectivity index (χ3n) is 3.14. The summed E-state index contributed by atoms with van der Waals surface area (Å²) in [7, 11) is 0. The summed E-state index contributed by atoms with van der Waals surface area (Å²) in [5.74, 6) is -0.826. The summed E-state index contributed by atoms with van der Waals surface area (Å²) in [6.07, 6.45) is -0.633. The van der Waals surface area contributed by atoms with Gasteiger partial charge in [0.2, 0.25) is 0 Å². The van der Waals surface area contributed by atoms with Gasteiger partial charge in [-0.05, 0) is 13.8 Å². The number of hydrogen-bond acceptors (Lipinski definition) is 6. The monoisotopic (exact) mass is 295 g/mol. The average Bonchev–Trinajstić information content (AvgIpc) is 2.42.